The van der Waals surface area contributed by atoms with E-state index in [2.05, 4.69) is 33.7 Å². The van der Waals surface area contributed by atoms with Crippen LogP contribution in [-0.4, -0.2) is 69.7 Å². The van der Waals surface area contributed by atoms with Crippen molar-refractivity contribution in [2.75, 3.05) is 49.7 Å². The molecule has 1 aliphatic rings. The van der Waals surface area contributed by atoms with Gasteiger partial charge in [-0.3, -0.25) is 14.9 Å². The number of sulfonamides is 1. The molecule has 0 spiro atoms. The fourth-order valence-electron chi connectivity index (χ4n) is 5.17. The number of carbonyl (C=O) groups is 1. The van der Waals surface area contributed by atoms with Gasteiger partial charge in [0.05, 0.1) is 9.82 Å². The maximum atomic E-state index is 13.2. The van der Waals surface area contributed by atoms with Crippen molar-refractivity contribution in [1.29, 1.82) is 0 Å². The van der Waals surface area contributed by atoms with E-state index in [1.807, 2.05) is 56.6 Å². The van der Waals surface area contributed by atoms with Gasteiger partial charge in [0, 0.05) is 47.1 Å². The maximum Gasteiger partial charge on any atom is 0.293 e. The van der Waals surface area contributed by atoms with Gasteiger partial charge in [0.1, 0.15) is 5.69 Å². The molecule has 1 fully saturated rings. The smallest absolute Gasteiger partial charge is 0.293 e. The summed E-state index contributed by atoms with van der Waals surface area (Å²) in [6.45, 7) is 7.21. The third-order valence-corrected chi connectivity index (χ3v) is 10.5. The number of benzene rings is 3. The van der Waals surface area contributed by atoms with Crippen LogP contribution in [-0.2, 0) is 10.0 Å². The lowest BCUT2D eigenvalue weighted by atomic mass is 9.82. The Morgan fingerprint density at radius 2 is 1.71 bits per heavy atom. The lowest BCUT2D eigenvalue weighted by Crippen LogP contribution is -2.37. The molecule has 0 saturated carbocycles. The average molecular weight is 654 g/mol. The van der Waals surface area contributed by atoms with Crippen molar-refractivity contribution in [3.63, 3.8) is 0 Å². The first kappa shape index (κ1) is 34.3. The molecule has 0 bridgehead atoms. The van der Waals surface area contributed by atoms with Crippen LogP contribution in [0.4, 0.5) is 17.1 Å². The van der Waals surface area contributed by atoms with Crippen LogP contribution in [0.5, 0.6) is 0 Å². The summed E-state index contributed by atoms with van der Waals surface area (Å²) in [4.78, 5) is 29.5. The zero-order valence-corrected chi connectivity index (χ0v) is 28.0. The highest BCUT2D eigenvalue weighted by Gasteiger charge is 2.27. The van der Waals surface area contributed by atoms with E-state index in [0.717, 1.165) is 62.0 Å². The summed E-state index contributed by atoms with van der Waals surface area (Å²) in [5, 5.41) is 15.4. The highest BCUT2D eigenvalue weighted by atomic mass is 32.2. The molecular formula is C33H43N5O5S2. The molecule has 2 N–H and O–H groups in total. The van der Waals surface area contributed by atoms with Crippen molar-refractivity contribution in [1.82, 2.24) is 9.62 Å². The maximum absolute atomic E-state index is 13.2. The third-order valence-electron chi connectivity index (χ3n) is 8.03. The van der Waals surface area contributed by atoms with Crippen LogP contribution >= 0.6 is 11.8 Å². The fraction of sp³-hybridized carbons (Fsp3) is 0.424. The summed E-state index contributed by atoms with van der Waals surface area (Å²) in [7, 11) is -0.384. The molecule has 3 aromatic carbocycles. The Labute approximate surface area is 270 Å². The van der Waals surface area contributed by atoms with Crippen molar-refractivity contribution in [3.8, 4) is 0 Å². The number of piperidine rings is 1. The minimum absolute atomic E-state index is 0.101. The summed E-state index contributed by atoms with van der Waals surface area (Å²) < 4.78 is 28.4. The molecule has 1 atom stereocenters. The number of anilines is 2. The number of hydrogen-bond acceptors (Lipinski definition) is 9. The molecule has 242 valence electrons. The highest BCUT2D eigenvalue weighted by molar-refractivity contribution is 7.99. The number of nitro groups is 1. The Morgan fingerprint density at radius 3 is 2.33 bits per heavy atom. The second-order valence-electron chi connectivity index (χ2n) is 12.5. The monoisotopic (exact) mass is 653 g/mol. The van der Waals surface area contributed by atoms with Crippen molar-refractivity contribution < 1.29 is 18.1 Å². The lowest BCUT2D eigenvalue weighted by molar-refractivity contribution is -0.384. The number of rotatable bonds is 14. The number of nitro benzene ring substituents is 1. The minimum Gasteiger partial charge on any atom is -0.376 e. The second-order valence-corrected chi connectivity index (χ2v) is 15.3. The quantitative estimate of drug-likeness (QED) is 0.118. The predicted molar refractivity (Wildman–Crippen MR) is 182 cm³/mol. The SMILES string of the molecule is CN(C)CCC[C@H](CSc1ccccc1)Nc1ccc(S(=O)(=O)NC(=O)c2ccc(N3CCC(C)(C)CC3)cc2)cc1[N+](=O)[O-]. The molecule has 1 heterocycles. The molecule has 0 aliphatic carbocycles. The van der Waals surface area contributed by atoms with Gasteiger partial charge < -0.3 is 15.1 Å². The molecule has 1 aliphatic heterocycles. The van der Waals surface area contributed by atoms with E-state index in [-0.39, 0.29) is 27.9 Å². The molecular weight excluding hydrogens is 611 g/mol. The van der Waals surface area contributed by atoms with E-state index < -0.39 is 20.9 Å². The molecule has 45 heavy (non-hydrogen) atoms. The van der Waals surface area contributed by atoms with E-state index in [0.29, 0.717) is 11.2 Å². The van der Waals surface area contributed by atoms with Gasteiger partial charge in [0.25, 0.3) is 21.6 Å². The summed E-state index contributed by atoms with van der Waals surface area (Å²) in [6.07, 6.45) is 3.78. The number of nitrogens with zero attached hydrogens (tertiary/aromatic N) is 3. The van der Waals surface area contributed by atoms with Crippen LogP contribution in [0.15, 0.2) is 82.6 Å². The van der Waals surface area contributed by atoms with Crippen molar-refractivity contribution in [2.24, 2.45) is 5.41 Å². The van der Waals surface area contributed by atoms with Gasteiger partial charge in [0.15, 0.2) is 0 Å². The summed E-state index contributed by atoms with van der Waals surface area (Å²) in [5.74, 6) is -0.135. The Balaban J connectivity index is 1.46. The van der Waals surface area contributed by atoms with E-state index in [9.17, 15) is 23.3 Å². The van der Waals surface area contributed by atoms with Crippen LogP contribution < -0.4 is 14.9 Å². The van der Waals surface area contributed by atoms with Gasteiger partial charge in [-0.1, -0.05) is 32.0 Å². The van der Waals surface area contributed by atoms with Crippen LogP contribution in [0.2, 0.25) is 0 Å². The molecule has 1 amide bonds. The molecule has 4 rings (SSSR count). The summed E-state index contributed by atoms with van der Waals surface area (Å²) >= 11 is 1.65. The Bertz CT molecular complexity index is 1550. The van der Waals surface area contributed by atoms with E-state index in [1.54, 1.807) is 23.9 Å². The van der Waals surface area contributed by atoms with Gasteiger partial charge >= 0.3 is 0 Å². The zero-order valence-electron chi connectivity index (χ0n) is 26.4. The molecule has 10 nitrogen and oxygen atoms in total. The Hall–Kier alpha value is -3.61. The average Bonchev–Trinajstić information content (AvgIpc) is 3.00. The highest BCUT2D eigenvalue weighted by Crippen LogP contribution is 2.33. The van der Waals surface area contributed by atoms with Gasteiger partial charge in [-0.15, -0.1) is 11.8 Å². The topological polar surface area (TPSA) is 125 Å². The van der Waals surface area contributed by atoms with E-state index in [1.165, 1.54) is 12.1 Å². The molecule has 3 aromatic rings. The normalized spacial score (nSPS) is 15.4. The standard InChI is InChI=1S/C33H43N5O5S2/c1-33(2)18-21-37(22-19-33)27-14-12-25(13-15-27)32(39)35-45(42,43)29-16-17-30(31(23-29)38(40)41)34-26(9-8-20-36(3)4)24-44-28-10-6-5-7-11-28/h5-7,10-17,23,26,34H,8-9,18-22,24H2,1-4H3,(H,35,39)/t26-/m1/s1. The van der Waals surface area contributed by atoms with Crippen molar-refractivity contribution >= 4 is 44.8 Å². The predicted octanol–water partition coefficient (Wildman–Crippen LogP) is 6.25. The summed E-state index contributed by atoms with van der Waals surface area (Å²) in [5.41, 5.74) is 1.32. The third kappa shape index (κ3) is 9.94. The second kappa shape index (κ2) is 15.1. The molecule has 0 unspecified atom stereocenters. The Kier molecular flexibility index (Phi) is 11.5. The van der Waals surface area contributed by atoms with Gasteiger partial charge in [-0.2, -0.15) is 0 Å². The van der Waals surface area contributed by atoms with Crippen LogP contribution in [0.3, 0.4) is 0 Å². The summed E-state index contributed by atoms with van der Waals surface area (Å²) in [6, 6.07) is 20.3. The van der Waals surface area contributed by atoms with E-state index >= 15 is 0 Å². The first-order valence-electron chi connectivity index (χ1n) is 15.1. The van der Waals surface area contributed by atoms with Crippen molar-refractivity contribution in [3.05, 3.63) is 88.5 Å². The Morgan fingerprint density at radius 1 is 1.04 bits per heavy atom. The van der Waals surface area contributed by atoms with Crippen LogP contribution in [0.25, 0.3) is 0 Å². The minimum atomic E-state index is -4.37. The number of thioether (sulfide) groups is 1. The fourth-order valence-corrected chi connectivity index (χ4v) is 7.16. The molecule has 0 radical (unpaired) electrons. The van der Waals surface area contributed by atoms with Gasteiger partial charge in [-0.05, 0) is 100 Å². The molecule has 12 heteroatoms. The van der Waals surface area contributed by atoms with Crippen LogP contribution in [0, 0.1) is 15.5 Å². The number of hydrogen-bond donors (Lipinski definition) is 2. The number of carbonyl (C=O) groups excluding carboxylic acids is 1. The first-order chi connectivity index (χ1) is 21.3. The number of nitrogens with one attached hydrogen (secondary N) is 2. The zero-order chi connectivity index (χ0) is 32.6. The van der Waals surface area contributed by atoms with Crippen LogP contribution in [0.1, 0.15) is 49.9 Å². The molecule has 0 aromatic heterocycles. The van der Waals surface area contributed by atoms with Gasteiger partial charge in [-0.25, -0.2) is 13.1 Å². The van der Waals surface area contributed by atoms with Crippen molar-refractivity contribution in [2.45, 2.75) is 55.4 Å². The number of amides is 1. The lowest BCUT2D eigenvalue weighted by Gasteiger charge is -2.38. The largest absolute Gasteiger partial charge is 0.376 e. The first-order valence-corrected chi connectivity index (χ1v) is 17.6. The van der Waals surface area contributed by atoms with Gasteiger partial charge in [0.2, 0.25) is 0 Å². The molecule has 1 saturated heterocycles. The van der Waals surface area contributed by atoms with E-state index in [4.69, 9.17) is 0 Å².